The van der Waals surface area contributed by atoms with Gasteiger partial charge >= 0.3 is 0 Å². The smallest absolute Gasteiger partial charge is 0.283 e. The maximum atomic E-state index is 15.3. The predicted octanol–water partition coefficient (Wildman–Crippen LogP) is 3.78. The maximum absolute atomic E-state index is 15.3. The highest BCUT2D eigenvalue weighted by Crippen LogP contribution is 2.53. The van der Waals surface area contributed by atoms with Gasteiger partial charge in [0, 0.05) is 29.1 Å². The second kappa shape index (κ2) is 7.13. The molecule has 1 atom stereocenters. The third kappa shape index (κ3) is 2.87. The molecule has 1 spiro atoms. The molecule has 6 rings (SSSR count). The van der Waals surface area contributed by atoms with E-state index in [-0.39, 0.29) is 18.4 Å². The number of rotatable bonds is 2. The molecule has 3 aliphatic heterocycles. The summed E-state index contributed by atoms with van der Waals surface area (Å²) in [5, 5.41) is 0. The van der Waals surface area contributed by atoms with Gasteiger partial charge in [0.15, 0.2) is 17.1 Å². The molecule has 0 saturated heterocycles. The molecule has 0 radical (unpaired) electrons. The zero-order chi connectivity index (χ0) is 21.7. The third-order valence-corrected chi connectivity index (χ3v) is 6.08. The van der Waals surface area contributed by atoms with Crippen LogP contribution in [-0.4, -0.2) is 35.8 Å². The molecule has 0 amide bonds. The van der Waals surface area contributed by atoms with Crippen molar-refractivity contribution in [3.63, 3.8) is 0 Å². The van der Waals surface area contributed by atoms with Crippen LogP contribution >= 0.6 is 0 Å². The van der Waals surface area contributed by atoms with Gasteiger partial charge in [-0.25, -0.2) is 19.4 Å². The van der Waals surface area contributed by atoms with Crippen LogP contribution < -0.4 is 10.5 Å². The fourth-order valence-electron chi connectivity index (χ4n) is 4.51. The fraction of sp³-hybridized carbons (Fsp3) is 0.208. The molecule has 0 bridgehead atoms. The minimum atomic E-state index is -1.01. The summed E-state index contributed by atoms with van der Waals surface area (Å²) in [5.41, 5.74) is 9.85. The van der Waals surface area contributed by atoms with Crippen molar-refractivity contribution in [1.29, 1.82) is 0 Å². The molecule has 3 aromatic rings. The molecule has 4 heterocycles. The van der Waals surface area contributed by atoms with Crippen molar-refractivity contribution in [3.05, 3.63) is 77.6 Å². The summed E-state index contributed by atoms with van der Waals surface area (Å²) in [5.74, 6) is 0.208. The Morgan fingerprint density at radius 3 is 2.59 bits per heavy atom. The van der Waals surface area contributed by atoms with Gasteiger partial charge in [0.25, 0.3) is 6.02 Å². The molecule has 160 valence electrons. The Kier molecular flexibility index (Phi) is 4.22. The van der Waals surface area contributed by atoms with Gasteiger partial charge in [-0.2, -0.15) is 0 Å². The van der Waals surface area contributed by atoms with Crippen LogP contribution in [0.2, 0.25) is 0 Å². The third-order valence-electron chi connectivity index (χ3n) is 6.08. The van der Waals surface area contributed by atoms with E-state index in [9.17, 15) is 0 Å². The Bertz CT molecular complexity index is 1290. The first-order valence-corrected chi connectivity index (χ1v) is 10.3. The van der Waals surface area contributed by atoms with Gasteiger partial charge in [0.05, 0.1) is 13.2 Å². The number of halogens is 1. The van der Waals surface area contributed by atoms with Gasteiger partial charge in [0.2, 0.25) is 0 Å². The summed E-state index contributed by atoms with van der Waals surface area (Å²) in [6.45, 7) is 1.27. The van der Waals surface area contributed by atoms with Gasteiger partial charge in [-0.3, -0.25) is 0 Å². The van der Waals surface area contributed by atoms with E-state index in [0.717, 1.165) is 27.8 Å². The molecule has 1 unspecified atom stereocenters. The molecular weight excluding hydrogens is 411 g/mol. The van der Waals surface area contributed by atoms with E-state index in [1.807, 2.05) is 24.3 Å². The SMILES string of the molecule is NC1=NC2(CO1)c1cc(-c3cncnc3)ccc1Oc1c(F)cc(C3=CCOCC3)cc12. The molecular formula is C24H19FN4O3. The fourth-order valence-corrected chi connectivity index (χ4v) is 4.51. The Balaban J connectivity index is 1.56. The number of aromatic nitrogens is 2. The molecule has 3 aliphatic rings. The van der Waals surface area contributed by atoms with Crippen molar-refractivity contribution in [2.45, 2.75) is 12.0 Å². The lowest BCUT2D eigenvalue weighted by Gasteiger charge is -2.34. The Morgan fingerprint density at radius 2 is 1.84 bits per heavy atom. The van der Waals surface area contributed by atoms with Crippen LogP contribution in [0, 0.1) is 5.82 Å². The Hall–Kier alpha value is -3.78. The van der Waals surface area contributed by atoms with Crippen LogP contribution in [0.5, 0.6) is 11.5 Å². The summed E-state index contributed by atoms with van der Waals surface area (Å²) in [4.78, 5) is 12.9. The van der Waals surface area contributed by atoms with Crippen LogP contribution in [0.1, 0.15) is 23.1 Å². The van der Waals surface area contributed by atoms with E-state index in [2.05, 4.69) is 15.0 Å². The number of amidine groups is 1. The first-order valence-electron chi connectivity index (χ1n) is 10.3. The number of fused-ring (bicyclic) bond motifs is 4. The summed E-state index contributed by atoms with van der Waals surface area (Å²) in [6.07, 6.45) is 7.64. The van der Waals surface area contributed by atoms with Gasteiger partial charge < -0.3 is 19.9 Å². The second-order valence-electron chi connectivity index (χ2n) is 7.93. The molecule has 32 heavy (non-hydrogen) atoms. The monoisotopic (exact) mass is 430 g/mol. The van der Waals surface area contributed by atoms with Crippen LogP contribution in [0.4, 0.5) is 4.39 Å². The highest BCUT2D eigenvalue weighted by atomic mass is 19.1. The van der Waals surface area contributed by atoms with E-state index < -0.39 is 11.4 Å². The summed E-state index contributed by atoms with van der Waals surface area (Å²) in [6, 6.07) is 9.16. The van der Waals surface area contributed by atoms with Gasteiger partial charge in [-0.1, -0.05) is 12.1 Å². The first-order chi connectivity index (χ1) is 15.6. The predicted molar refractivity (Wildman–Crippen MR) is 116 cm³/mol. The van der Waals surface area contributed by atoms with Gasteiger partial charge in [0.1, 0.15) is 18.7 Å². The summed E-state index contributed by atoms with van der Waals surface area (Å²) >= 11 is 0. The van der Waals surface area contributed by atoms with E-state index in [0.29, 0.717) is 30.9 Å². The molecule has 0 saturated carbocycles. The number of hydrogen-bond acceptors (Lipinski definition) is 7. The van der Waals surface area contributed by atoms with Crippen molar-refractivity contribution in [2.75, 3.05) is 19.8 Å². The van der Waals surface area contributed by atoms with E-state index in [1.54, 1.807) is 18.5 Å². The zero-order valence-electron chi connectivity index (χ0n) is 17.0. The Morgan fingerprint density at radius 1 is 1.00 bits per heavy atom. The number of hydrogen-bond donors (Lipinski definition) is 1. The molecule has 1 aromatic heterocycles. The average Bonchev–Trinajstić information content (AvgIpc) is 3.23. The number of aliphatic imine (C=N–C) groups is 1. The second-order valence-corrected chi connectivity index (χ2v) is 7.93. The lowest BCUT2D eigenvalue weighted by Crippen LogP contribution is -2.31. The van der Waals surface area contributed by atoms with Crippen LogP contribution in [-0.2, 0) is 15.0 Å². The van der Waals surface area contributed by atoms with Crippen LogP contribution in [0.25, 0.3) is 16.7 Å². The highest BCUT2D eigenvalue weighted by Gasteiger charge is 2.48. The van der Waals surface area contributed by atoms with Crippen molar-refractivity contribution in [2.24, 2.45) is 10.7 Å². The summed E-state index contributed by atoms with van der Waals surface area (Å²) in [7, 11) is 0. The largest absolute Gasteiger partial charge is 0.462 e. The number of benzene rings is 2. The summed E-state index contributed by atoms with van der Waals surface area (Å²) < 4.78 is 32.4. The first kappa shape index (κ1) is 18.9. The lowest BCUT2D eigenvalue weighted by molar-refractivity contribution is 0.161. The topological polar surface area (TPSA) is 91.9 Å². The molecule has 7 nitrogen and oxygen atoms in total. The quantitative estimate of drug-likeness (QED) is 0.665. The molecule has 2 aromatic carbocycles. The van der Waals surface area contributed by atoms with Crippen molar-refractivity contribution >= 4 is 11.6 Å². The van der Waals surface area contributed by atoms with Gasteiger partial charge in [-0.05, 0) is 47.4 Å². The highest BCUT2D eigenvalue weighted by molar-refractivity contribution is 5.79. The van der Waals surface area contributed by atoms with Crippen LogP contribution in [0.15, 0.2) is 60.1 Å². The van der Waals surface area contributed by atoms with E-state index in [4.69, 9.17) is 19.9 Å². The zero-order valence-corrected chi connectivity index (χ0v) is 17.0. The van der Waals surface area contributed by atoms with E-state index in [1.165, 1.54) is 12.4 Å². The standard InChI is InChI=1S/C24H19FN4O3/c25-20-9-16(14-3-5-30-6-4-14)8-19-22(20)32-21-2-1-15(17-10-27-13-28-11-17)7-18(21)24(19)12-31-23(26)29-24/h1-3,7-11,13H,4-6,12H2,(H2,26,29). The van der Waals surface area contributed by atoms with Crippen LogP contribution in [0.3, 0.4) is 0 Å². The average molecular weight is 430 g/mol. The molecule has 0 aliphatic carbocycles. The van der Waals surface area contributed by atoms with Gasteiger partial charge in [-0.15, -0.1) is 0 Å². The molecule has 2 N–H and O–H groups in total. The normalized spacial score (nSPS) is 21.2. The number of ether oxygens (including phenoxy) is 3. The van der Waals surface area contributed by atoms with Crippen molar-refractivity contribution < 1.29 is 18.6 Å². The van der Waals surface area contributed by atoms with Crippen molar-refractivity contribution in [1.82, 2.24) is 9.97 Å². The maximum Gasteiger partial charge on any atom is 0.283 e. The minimum Gasteiger partial charge on any atom is -0.462 e. The molecule has 8 heteroatoms. The minimum absolute atomic E-state index is 0.0633. The van der Waals surface area contributed by atoms with E-state index >= 15 is 4.39 Å². The number of nitrogens with two attached hydrogens (primary N) is 1. The lowest BCUT2D eigenvalue weighted by atomic mass is 9.79. The van der Waals surface area contributed by atoms with Crippen molar-refractivity contribution in [3.8, 4) is 22.6 Å². The molecule has 0 fully saturated rings. The Labute approximate surface area is 183 Å². The number of nitrogens with zero attached hydrogens (tertiary/aromatic N) is 3.